The van der Waals surface area contributed by atoms with E-state index in [2.05, 4.69) is 52.7 Å². The first-order valence-electron chi connectivity index (χ1n) is 8.63. The van der Waals surface area contributed by atoms with Crippen LogP contribution >= 0.6 is 23.1 Å². The predicted molar refractivity (Wildman–Crippen MR) is 110 cm³/mol. The van der Waals surface area contributed by atoms with Gasteiger partial charge in [0, 0.05) is 11.3 Å². The summed E-state index contributed by atoms with van der Waals surface area (Å²) in [6.45, 7) is 0. The molecule has 140 valence electrons. The molecule has 0 bridgehead atoms. The first-order valence-corrected chi connectivity index (χ1v) is 12.0. The van der Waals surface area contributed by atoms with Crippen molar-refractivity contribution in [1.29, 1.82) is 0 Å². The molecule has 2 aromatic carbocycles. The zero-order valence-corrected chi connectivity index (χ0v) is 16.9. The molecule has 27 heavy (non-hydrogen) atoms. The highest BCUT2D eigenvalue weighted by Crippen LogP contribution is 2.42. The molecule has 0 fully saturated rings. The average Bonchev–Trinajstić information content (AvgIpc) is 3.24. The molecule has 0 radical (unpaired) electrons. The fraction of sp³-hybridized carbons (Fsp3) is 0.263. The molecule has 0 spiro atoms. The van der Waals surface area contributed by atoms with E-state index in [1.807, 2.05) is 0 Å². The van der Waals surface area contributed by atoms with Crippen molar-refractivity contribution >= 4 is 33.2 Å². The van der Waals surface area contributed by atoms with E-state index in [0.717, 1.165) is 27.1 Å². The minimum atomic E-state index is -3.86. The Morgan fingerprint density at radius 1 is 1.00 bits per heavy atom. The summed E-state index contributed by atoms with van der Waals surface area (Å²) in [7, 11) is -3.86. The molecule has 0 atom stereocenters. The van der Waals surface area contributed by atoms with Crippen LogP contribution in [0, 0.1) is 0 Å². The van der Waals surface area contributed by atoms with Crippen LogP contribution in [0.3, 0.4) is 0 Å². The normalized spacial score (nSPS) is 12.8. The number of hydrogen-bond acceptors (Lipinski definition) is 6. The minimum absolute atomic E-state index is 0.189. The molecule has 5 nitrogen and oxygen atoms in total. The lowest BCUT2D eigenvalue weighted by atomic mass is 10.0. The van der Waals surface area contributed by atoms with Gasteiger partial charge in [-0.05, 0) is 41.5 Å². The lowest BCUT2D eigenvalue weighted by Gasteiger charge is -2.05. The maximum Gasteiger partial charge on any atom is 0.264 e. The fourth-order valence-electron chi connectivity index (χ4n) is 3.28. The van der Waals surface area contributed by atoms with Crippen molar-refractivity contribution in [3.05, 3.63) is 53.6 Å². The number of hydrogen-bond donors (Lipinski definition) is 1. The highest BCUT2D eigenvalue weighted by molar-refractivity contribution is 8.01. The Morgan fingerprint density at radius 3 is 2.63 bits per heavy atom. The number of unbranched alkanes of at least 4 members (excludes halogenated alkanes) is 1. The SMILES string of the molecule is O=S(=O)(O)CCCCSc1nnc(-c2cccc3c2Cc2ccccc2-3)s1. The van der Waals surface area contributed by atoms with Crippen molar-refractivity contribution < 1.29 is 13.0 Å². The average molecular weight is 419 g/mol. The highest BCUT2D eigenvalue weighted by atomic mass is 32.2. The first-order chi connectivity index (χ1) is 13.0. The van der Waals surface area contributed by atoms with Gasteiger partial charge in [-0.2, -0.15) is 8.42 Å². The minimum Gasteiger partial charge on any atom is -0.286 e. The molecule has 1 N–H and O–H groups in total. The fourth-order valence-corrected chi connectivity index (χ4v) is 5.82. The van der Waals surface area contributed by atoms with Gasteiger partial charge in [0.25, 0.3) is 10.1 Å². The van der Waals surface area contributed by atoms with Gasteiger partial charge in [0.05, 0.1) is 5.75 Å². The van der Waals surface area contributed by atoms with Crippen molar-refractivity contribution in [2.75, 3.05) is 11.5 Å². The van der Waals surface area contributed by atoms with Gasteiger partial charge in [-0.15, -0.1) is 10.2 Å². The summed E-state index contributed by atoms with van der Waals surface area (Å²) in [5.41, 5.74) is 6.36. The third kappa shape index (κ3) is 4.24. The summed E-state index contributed by atoms with van der Waals surface area (Å²) < 4.78 is 31.1. The number of nitrogens with zero attached hydrogens (tertiary/aromatic N) is 2. The third-order valence-electron chi connectivity index (χ3n) is 4.51. The van der Waals surface area contributed by atoms with Crippen LogP contribution in [0.1, 0.15) is 24.0 Å². The highest BCUT2D eigenvalue weighted by Gasteiger charge is 2.22. The zero-order chi connectivity index (χ0) is 18.9. The molecule has 1 aromatic heterocycles. The van der Waals surface area contributed by atoms with Gasteiger partial charge in [0.15, 0.2) is 4.34 Å². The van der Waals surface area contributed by atoms with Gasteiger partial charge in [0.1, 0.15) is 5.01 Å². The Labute approximate surface area is 166 Å². The van der Waals surface area contributed by atoms with Crippen LogP contribution in [-0.4, -0.2) is 34.7 Å². The van der Waals surface area contributed by atoms with Crippen LogP contribution in [0.2, 0.25) is 0 Å². The van der Waals surface area contributed by atoms with E-state index in [-0.39, 0.29) is 5.75 Å². The summed E-state index contributed by atoms with van der Waals surface area (Å²) in [5.74, 6) is 0.564. The van der Waals surface area contributed by atoms with Crippen molar-refractivity contribution in [2.24, 2.45) is 0 Å². The Morgan fingerprint density at radius 2 is 1.78 bits per heavy atom. The number of thioether (sulfide) groups is 1. The van der Waals surface area contributed by atoms with Crippen molar-refractivity contribution in [3.8, 4) is 21.7 Å². The molecule has 1 heterocycles. The van der Waals surface area contributed by atoms with E-state index < -0.39 is 10.1 Å². The Balaban J connectivity index is 1.46. The molecule has 4 rings (SSSR count). The number of aromatic nitrogens is 2. The van der Waals surface area contributed by atoms with E-state index in [9.17, 15) is 8.42 Å². The molecule has 8 heteroatoms. The van der Waals surface area contributed by atoms with E-state index in [1.165, 1.54) is 22.3 Å². The van der Waals surface area contributed by atoms with Crippen LogP contribution < -0.4 is 0 Å². The molecule has 0 saturated carbocycles. The Hall–Kier alpha value is -1.74. The van der Waals surface area contributed by atoms with Crippen LogP contribution in [0.4, 0.5) is 0 Å². The van der Waals surface area contributed by atoms with E-state index in [0.29, 0.717) is 12.8 Å². The maximum atomic E-state index is 10.7. The molecule has 0 unspecified atom stereocenters. The van der Waals surface area contributed by atoms with E-state index in [4.69, 9.17) is 4.55 Å². The molecular weight excluding hydrogens is 400 g/mol. The van der Waals surface area contributed by atoms with Crippen molar-refractivity contribution in [1.82, 2.24) is 10.2 Å². The lowest BCUT2D eigenvalue weighted by Crippen LogP contribution is -2.03. The summed E-state index contributed by atoms with van der Waals surface area (Å²) in [5, 5.41) is 9.57. The van der Waals surface area contributed by atoms with Crippen LogP contribution in [0.5, 0.6) is 0 Å². The van der Waals surface area contributed by atoms with Crippen molar-refractivity contribution in [3.63, 3.8) is 0 Å². The molecular formula is C19H18N2O3S3. The molecule has 1 aliphatic carbocycles. The summed E-state index contributed by atoms with van der Waals surface area (Å²) >= 11 is 3.14. The molecule has 3 aromatic rings. The topological polar surface area (TPSA) is 80.2 Å². The largest absolute Gasteiger partial charge is 0.286 e. The van der Waals surface area contributed by atoms with Crippen molar-refractivity contribution in [2.45, 2.75) is 23.6 Å². The van der Waals surface area contributed by atoms with Gasteiger partial charge in [-0.1, -0.05) is 65.6 Å². The van der Waals surface area contributed by atoms with Gasteiger partial charge < -0.3 is 0 Å². The van der Waals surface area contributed by atoms with Gasteiger partial charge in [0.2, 0.25) is 0 Å². The molecule has 0 amide bonds. The number of benzene rings is 2. The number of fused-ring (bicyclic) bond motifs is 3. The second-order valence-corrected chi connectivity index (χ2v) is 10.3. The van der Waals surface area contributed by atoms with Gasteiger partial charge >= 0.3 is 0 Å². The maximum absolute atomic E-state index is 10.7. The third-order valence-corrected chi connectivity index (χ3v) is 7.49. The van der Waals surface area contributed by atoms with Gasteiger partial charge in [-0.3, -0.25) is 4.55 Å². The second-order valence-electron chi connectivity index (χ2n) is 6.38. The standard InChI is InChI=1S/C19H18N2O3S3/c22-27(23,24)11-4-3-10-25-19-21-20-18(26-19)16-9-5-8-15-14-7-2-1-6-13(14)12-17(15)16/h1-2,5-9H,3-4,10-12H2,(H,22,23,24). The van der Waals surface area contributed by atoms with Gasteiger partial charge in [-0.25, -0.2) is 0 Å². The second kappa shape index (κ2) is 7.71. The first kappa shape index (κ1) is 18.6. The van der Waals surface area contributed by atoms with Crippen LogP contribution in [-0.2, 0) is 16.5 Å². The Bertz CT molecular complexity index is 1080. The van der Waals surface area contributed by atoms with Crippen LogP contribution in [0.25, 0.3) is 21.7 Å². The molecule has 0 aliphatic heterocycles. The molecule has 1 aliphatic rings. The molecule has 0 saturated heterocycles. The van der Waals surface area contributed by atoms with E-state index >= 15 is 0 Å². The summed E-state index contributed by atoms with van der Waals surface area (Å²) in [6.07, 6.45) is 2.07. The monoisotopic (exact) mass is 418 g/mol. The summed E-state index contributed by atoms with van der Waals surface area (Å²) in [4.78, 5) is 0. The Kier molecular flexibility index (Phi) is 5.32. The smallest absolute Gasteiger partial charge is 0.264 e. The van der Waals surface area contributed by atoms with E-state index in [1.54, 1.807) is 23.1 Å². The van der Waals surface area contributed by atoms with Crippen LogP contribution in [0.15, 0.2) is 46.8 Å². The lowest BCUT2D eigenvalue weighted by molar-refractivity contribution is 0.481. The number of rotatable bonds is 7. The quantitative estimate of drug-likeness (QED) is 0.270. The zero-order valence-electron chi connectivity index (χ0n) is 14.5. The predicted octanol–water partition coefficient (Wildman–Crippen LogP) is 4.54. The summed E-state index contributed by atoms with van der Waals surface area (Å²) in [6, 6.07) is 14.8.